The number of benzene rings is 2. The molecule has 2 aliphatic rings. The molecule has 1 aromatic heterocycles. The van der Waals surface area contributed by atoms with Crippen LogP contribution in [0.1, 0.15) is 74.6 Å². The number of piperidine rings is 1. The van der Waals surface area contributed by atoms with Crippen LogP contribution in [-0.4, -0.2) is 52.7 Å². The molecule has 0 radical (unpaired) electrons. The monoisotopic (exact) mass is 583 g/mol. The number of ketones is 1. The molecule has 0 bridgehead atoms. The number of ether oxygens (including phenoxy) is 2. The van der Waals surface area contributed by atoms with E-state index in [-0.39, 0.29) is 17.5 Å². The van der Waals surface area contributed by atoms with Crippen LogP contribution in [0.2, 0.25) is 0 Å². The average molecular weight is 585 g/mol. The van der Waals surface area contributed by atoms with Crippen molar-refractivity contribution in [1.82, 2.24) is 9.88 Å². The summed E-state index contributed by atoms with van der Waals surface area (Å²) in [4.78, 5) is 19.4. The molecule has 6 nitrogen and oxygen atoms in total. The Morgan fingerprint density at radius 1 is 1.19 bits per heavy atom. The van der Waals surface area contributed by atoms with Crippen molar-refractivity contribution in [2.45, 2.75) is 64.6 Å². The Bertz CT molecular complexity index is 1400. The summed E-state index contributed by atoms with van der Waals surface area (Å²) >= 11 is 9.19. The van der Waals surface area contributed by atoms with Crippen LogP contribution in [0, 0.1) is 0 Å². The van der Waals surface area contributed by atoms with Gasteiger partial charge < -0.3 is 24.7 Å². The highest BCUT2D eigenvalue weighted by Gasteiger charge is 2.40. The third kappa shape index (κ3) is 4.74. The Balaban J connectivity index is 1.40. The number of hydrogen-bond acceptors (Lipinski definition) is 5. The van der Waals surface area contributed by atoms with Crippen LogP contribution < -0.4 is 10.1 Å². The lowest BCUT2D eigenvalue weighted by Crippen LogP contribution is -2.44. The predicted octanol–water partition coefficient (Wildman–Crippen LogP) is 6.79. The van der Waals surface area contributed by atoms with Crippen LogP contribution in [0.15, 0.2) is 34.8 Å². The van der Waals surface area contributed by atoms with E-state index in [9.17, 15) is 4.79 Å². The first-order chi connectivity index (χ1) is 17.4. The highest BCUT2D eigenvalue weighted by molar-refractivity contribution is 9.10. The van der Waals surface area contributed by atoms with Gasteiger partial charge in [-0.05, 0) is 78.7 Å². The molecule has 3 aromatic rings. The number of nitrogens with one attached hydrogen (secondary N) is 2. The first-order valence-electron chi connectivity index (χ1n) is 12.8. The molecular formula is C29H34BrN3O3S. The first-order valence-corrected chi connectivity index (χ1v) is 14.0. The Morgan fingerprint density at radius 3 is 2.54 bits per heavy atom. The number of carbonyl (C=O) groups is 1. The number of rotatable bonds is 3. The Hall–Kier alpha value is -2.58. The van der Waals surface area contributed by atoms with E-state index >= 15 is 0 Å². The van der Waals surface area contributed by atoms with Crippen molar-refractivity contribution in [3.05, 3.63) is 57.2 Å². The third-order valence-corrected chi connectivity index (χ3v) is 8.28. The largest absolute Gasteiger partial charge is 0.489 e. The molecule has 0 atom stereocenters. The Labute approximate surface area is 232 Å². The fraction of sp³-hybridized carbons (Fsp3) is 0.448. The van der Waals surface area contributed by atoms with E-state index < -0.39 is 5.41 Å². The van der Waals surface area contributed by atoms with Crippen LogP contribution in [0.4, 0.5) is 5.69 Å². The molecular weight excluding hydrogens is 550 g/mol. The molecule has 2 aromatic carbocycles. The topological polar surface area (TPSA) is 66.6 Å². The lowest BCUT2D eigenvalue weighted by molar-refractivity contribution is 0.0727. The summed E-state index contributed by atoms with van der Waals surface area (Å²) in [6.07, 6.45) is 1.76. The molecule has 1 saturated heterocycles. The van der Waals surface area contributed by atoms with Crippen molar-refractivity contribution in [2.75, 3.05) is 25.5 Å². The van der Waals surface area contributed by atoms with Gasteiger partial charge in [-0.2, -0.15) is 0 Å². The van der Waals surface area contributed by atoms with Gasteiger partial charge in [0.2, 0.25) is 0 Å². The van der Waals surface area contributed by atoms with Crippen LogP contribution in [0.5, 0.6) is 5.75 Å². The zero-order valence-electron chi connectivity index (χ0n) is 22.3. The van der Waals surface area contributed by atoms with Gasteiger partial charge in [-0.1, -0.05) is 19.9 Å². The summed E-state index contributed by atoms with van der Waals surface area (Å²) in [6, 6.07) is 10.1. The van der Waals surface area contributed by atoms with E-state index in [1.165, 1.54) is 0 Å². The van der Waals surface area contributed by atoms with Crippen molar-refractivity contribution in [2.24, 2.45) is 0 Å². The average Bonchev–Trinajstić information content (AvgIpc) is 3.23. The zero-order chi connectivity index (χ0) is 26.7. The summed E-state index contributed by atoms with van der Waals surface area (Å²) in [5.41, 5.74) is 4.67. The number of fused-ring (bicyclic) bond motifs is 4. The van der Waals surface area contributed by atoms with Gasteiger partial charge in [0, 0.05) is 66.2 Å². The lowest BCUT2D eigenvalue weighted by atomic mass is 9.71. The minimum atomic E-state index is -0.393. The van der Waals surface area contributed by atoms with Gasteiger partial charge in [0.05, 0.1) is 10.0 Å². The van der Waals surface area contributed by atoms with E-state index in [0.717, 1.165) is 75.1 Å². The van der Waals surface area contributed by atoms with Gasteiger partial charge in [0.15, 0.2) is 5.78 Å². The maximum Gasteiger partial charge on any atom is 0.259 e. The summed E-state index contributed by atoms with van der Waals surface area (Å²) in [7, 11) is 1.89. The number of nitrogens with zero attached hydrogens (tertiary/aromatic N) is 1. The van der Waals surface area contributed by atoms with Gasteiger partial charge in [0.25, 0.3) is 5.17 Å². The van der Waals surface area contributed by atoms with E-state index in [2.05, 4.69) is 51.0 Å². The molecule has 0 saturated carbocycles. The number of halogens is 1. The van der Waals surface area contributed by atoms with Crippen molar-refractivity contribution in [1.29, 1.82) is 0 Å². The third-order valence-electron chi connectivity index (χ3n) is 7.32. The second kappa shape index (κ2) is 9.31. The maximum atomic E-state index is 13.8. The lowest BCUT2D eigenvalue weighted by Gasteiger charge is -2.36. The fourth-order valence-corrected chi connectivity index (χ4v) is 6.21. The smallest absolute Gasteiger partial charge is 0.259 e. The number of likely N-dealkylation sites (tertiary alicyclic amines) is 1. The fourth-order valence-electron chi connectivity index (χ4n) is 5.34. The number of H-pyrrole nitrogens is 1. The van der Waals surface area contributed by atoms with Gasteiger partial charge >= 0.3 is 0 Å². The highest BCUT2D eigenvalue weighted by atomic mass is 79.9. The van der Waals surface area contributed by atoms with E-state index in [4.69, 9.17) is 21.7 Å². The van der Waals surface area contributed by atoms with Crippen molar-refractivity contribution < 1.29 is 14.3 Å². The van der Waals surface area contributed by atoms with E-state index in [1.807, 2.05) is 52.1 Å². The number of thiocarbonyl (C=S) groups is 1. The SMILES string of the molecule is CNc1ccc2c3c([nH]c2c1)C(C)(C)c1cc(OC2CCN(C(=S)OC(C)(C)C)CC2)c(Br)cc1C3=O. The van der Waals surface area contributed by atoms with Crippen LogP contribution in [-0.2, 0) is 10.2 Å². The van der Waals surface area contributed by atoms with E-state index in [1.54, 1.807) is 0 Å². The molecule has 1 aliphatic heterocycles. The number of anilines is 1. The van der Waals surface area contributed by atoms with Crippen molar-refractivity contribution in [3.8, 4) is 5.75 Å². The molecule has 196 valence electrons. The Kier molecular flexibility index (Phi) is 6.55. The molecule has 2 heterocycles. The quantitative estimate of drug-likeness (QED) is 0.331. The minimum Gasteiger partial charge on any atom is -0.489 e. The molecule has 2 N–H and O–H groups in total. The summed E-state index contributed by atoms with van der Waals surface area (Å²) in [6.45, 7) is 11.9. The molecule has 5 rings (SSSR count). The summed E-state index contributed by atoms with van der Waals surface area (Å²) in [5, 5.41) is 4.68. The van der Waals surface area contributed by atoms with E-state index in [0.29, 0.717) is 5.17 Å². The molecule has 37 heavy (non-hydrogen) atoms. The highest BCUT2D eigenvalue weighted by Crippen LogP contribution is 2.46. The maximum absolute atomic E-state index is 13.8. The number of hydrogen-bond donors (Lipinski definition) is 2. The predicted molar refractivity (Wildman–Crippen MR) is 156 cm³/mol. The summed E-state index contributed by atoms with van der Waals surface area (Å²) in [5.74, 6) is 0.810. The molecule has 1 fully saturated rings. The normalized spacial score (nSPS) is 17.4. The molecule has 0 amide bonds. The summed E-state index contributed by atoms with van der Waals surface area (Å²) < 4.78 is 13.2. The number of aromatic nitrogens is 1. The van der Waals surface area contributed by atoms with Gasteiger partial charge in [-0.3, -0.25) is 4.79 Å². The van der Waals surface area contributed by atoms with Crippen molar-refractivity contribution >= 4 is 55.7 Å². The number of aromatic amines is 1. The van der Waals surface area contributed by atoms with Crippen LogP contribution in [0.25, 0.3) is 10.9 Å². The standard InChI is InChI=1S/C29H34BrN3O3S/c1-28(2,3)36-27(37)33-11-9-17(10-12-33)35-23-15-20-19(14-21(23)30)25(34)24-18-8-7-16(31-6)13-22(18)32-26(24)29(20,4)5/h7-8,13-15,17,31-32H,9-12H2,1-6H3. The van der Waals surface area contributed by atoms with Crippen LogP contribution in [0.3, 0.4) is 0 Å². The molecule has 8 heteroatoms. The minimum absolute atomic E-state index is 0.0423. The molecule has 0 spiro atoms. The first kappa shape index (κ1) is 26.0. The van der Waals surface area contributed by atoms with Gasteiger partial charge in [-0.15, -0.1) is 0 Å². The van der Waals surface area contributed by atoms with Crippen LogP contribution >= 0.6 is 28.1 Å². The second-order valence-corrected chi connectivity index (χ2v) is 12.7. The van der Waals surface area contributed by atoms with Crippen molar-refractivity contribution in [3.63, 3.8) is 0 Å². The molecule has 1 aliphatic carbocycles. The molecule has 0 unspecified atom stereocenters. The zero-order valence-corrected chi connectivity index (χ0v) is 24.7. The van der Waals surface area contributed by atoms with Gasteiger partial charge in [-0.25, -0.2) is 0 Å². The van der Waals surface area contributed by atoms with Gasteiger partial charge in [0.1, 0.15) is 17.5 Å². The second-order valence-electron chi connectivity index (χ2n) is 11.5. The number of carbonyl (C=O) groups excluding carboxylic acids is 1. The Morgan fingerprint density at radius 2 is 1.89 bits per heavy atom.